The Morgan fingerprint density at radius 2 is 2.12 bits per heavy atom. The lowest BCUT2D eigenvalue weighted by atomic mass is 10.1. The molecule has 0 aromatic heterocycles. The van der Waals surface area contributed by atoms with Crippen LogP contribution in [0.4, 0.5) is 0 Å². The number of hydrazine groups is 1. The average molecular weight is 395 g/mol. The van der Waals surface area contributed by atoms with Gasteiger partial charge in [0.25, 0.3) is 5.91 Å². The molecule has 1 aromatic rings. The molecule has 2 heterocycles. The van der Waals surface area contributed by atoms with Crippen molar-refractivity contribution in [3.63, 3.8) is 0 Å². The number of benzene rings is 1. The third kappa shape index (κ3) is 3.24. The van der Waals surface area contributed by atoms with E-state index in [9.17, 15) is 19.5 Å². The molecule has 1 aromatic carbocycles. The largest absolute Gasteiger partial charge is 0.476 e. The Bertz CT molecular complexity index is 893. The van der Waals surface area contributed by atoms with E-state index in [0.717, 1.165) is 5.01 Å². The van der Waals surface area contributed by atoms with Gasteiger partial charge in [0.15, 0.2) is 5.70 Å². The average Bonchev–Trinajstić information content (AvgIpc) is 3.08. The van der Waals surface area contributed by atoms with Gasteiger partial charge in [-0.3, -0.25) is 9.59 Å². The highest BCUT2D eigenvalue weighted by Crippen LogP contribution is 2.29. The van der Waals surface area contributed by atoms with Crippen molar-refractivity contribution in [2.45, 2.75) is 12.5 Å². The second-order valence-corrected chi connectivity index (χ2v) is 6.62. The van der Waals surface area contributed by atoms with E-state index < -0.39 is 23.8 Å². The fraction of sp³-hybridized carbons (Fsp3) is 0.250. The number of carbonyl (C=O) groups excluding carboxylic acids is 2. The first-order chi connectivity index (χ1) is 12.3. The summed E-state index contributed by atoms with van der Waals surface area (Å²) in [6.45, 7) is 0.0895. The Balaban J connectivity index is 1.71. The van der Waals surface area contributed by atoms with E-state index in [2.05, 4.69) is 5.32 Å². The molecule has 3 rings (SSSR count). The predicted octanol–water partition coefficient (Wildman–Crippen LogP) is 0.956. The van der Waals surface area contributed by atoms with Gasteiger partial charge in [-0.2, -0.15) is 5.26 Å². The fourth-order valence-electron chi connectivity index (χ4n) is 2.94. The minimum atomic E-state index is -1.37. The van der Waals surface area contributed by atoms with Crippen LogP contribution in [0.5, 0.6) is 0 Å². The van der Waals surface area contributed by atoms with Crippen LogP contribution in [0.25, 0.3) is 0 Å². The Morgan fingerprint density at radius 1 is 1.38 bits per heavy atom. The van der Waals surface area contributed by atoms with Gasteiger partial charge in [0.05, 0.1) is 24.6 Å². The van der Waals surface area contributed by atoms with Crippen LogP contribution in [0.2, 0.25) is 10.0 Å². The van der Waals surface area contributed by atoms with Crippen molar-refractivity contribution in [2.75, 3.05) is 13.1 Å². The van der Waals surface area contributed by atoms with E-state index in [4.69, 9.17) is 28.5 Å². The highest BCUT2D eigenvalue weighted by atomic mass is 35.5. The maximum Gasteiger partial charge on any atom is 0.355 e. The smallest absolute Gasteiger partial charge is 0.355 e. The quantitative estimate of drug-likeness (QED) is 0.785. The maximum absolute atomic E-state index is 12.5. The van der Waals surface area contributed by atoms with E-state index in [1.807, 2.05) is 0 Å². The van der Waals surface area contributed by atoms with Crippen molar-refractivity contribution in [2.24, 2.45) is 0 Å². The lowest BCUT2D eigenvalue weighted by Gasteiger charge is -2.18. The number of rotatable bonds is 4. The standard InChI is InChI=1S/C16H12Cl2N4O4/c17-10-1-2-11(18)8(3-10)4-13(23)20-12-7-21-6-9(5-19)14(16(25)26)22(21)15(12)24/h1-3,12H,4,6-7H2,(H,20,23)(H,25,26). The summed E-state index contributed by atoms with van der Waals surface area (Å²) in [5.74, 6) is -2.41. The summed E-state index contributed by atoms with van der Waals surface area (Å²) in [7, 11) is 0. The Hall–Kier alpha value is -2.60. The predicted molar refractivity (Wildman–Crippen MR) is 90.8 cm³/mol. The van der Waals surface area contributed by atoms with Crippen molar-refractivity contribution in [1.82, 2.24) is 15.3 Å². The highest BCUT2D eigenvalue weighted by Gasteiger charge is 2.48. The molecule has 26 heavy (non-hydrogen) atoms. The molecule has 1 saturated heterocycles. The van der Waals surface area contributed by atoms with Gasteiger partial charge >= 0.3 is 5.97 Å². The molecule has 2 N–H and O–H groups in total. The number of nitrogens with one attached hydrogen (secondary N) is 1. The van der Waals surface area contributed by atoms with E-state index in [1.165, 1.54) is 5.01 Å². The number of carboxylic acids is 1. The van der Waals surface area contributed by atoms with Crippen molar-refractivity contribution in [3.05, 3.63) is 45.1 Å². The number of amides is 2. The Labute approximate surface area is 158 Å². The highest BCUT2D eigenvalue weighted by molar-refractivity contribution is 6.33. The molecule has 1 atom stereocenters. The lowest BCUT2D eigenvalue weighted by Crippen LogP contribution is -2.43. The van der Waals surface area contributed by atoms with E-state index in [0.29, 0.717) is 15.6 Å². The molecule has 2 amide bonds. The molecule has 2 aliphatic heterocycles. The van der Waals surface area contributed by atoms with Crippen LogP contribution in [0.15, 0.2) is 29.5 Å². The van der Waals surface area contributed by atoms with E-state index in [1.54, 1.807) is 24.3 Å². The van der Waals surface area contributed by atoms with Gasteiger partial charge in [-0.1, -0.05) is 23.2 Å². The first-order valence-corrected chi connectivity index (χ1v) is 8.26. The molecule has 0 spiro atoms. The van der Waals surface area contributed by atoms with Crippen molar-refractivity contribution in [1.29, 1.82) is 5.26 Å². The van der Waals surface area contributed by atoms with Gasteiger partial charge in [0.1, 0.15) is 6.04 Å². The van der Waals surface area contributed by atoms with Crippen LogP contribution in [-0.4, -0.2) is 52.0 Å². The summed E-state index contributed by atoms with van der Waals surface area (Å²) >= 11 is 11.9. The fourth-order valence-corrected chi connectivity index (χ4v) is 3.32. The second-order valence-electron chi connectivity index (χ2n) is 5.77. The second kappa shape index (κ2) is 6.96. The summed E-state index contributed by atoms with van der Waals surface area (Å²) in [6.07, 6.45) is -0.0752. The zero-order chi connectivity index (χ0) is 19.0. The number of nitriles is 1. The van der Waals surface area contributed by atoms with Gasteiger partial charge < -0.3 is 10.4 Å². The van der Waals surface area contributed by atoms with E-state index >= 15 is 0 Å². The molecule has 0 radical (unpaired) electrons. The number of carbonyl (C=O) groups is 3. The van der Waals surface area contributed by atoms with Crippen LogP contribution < -0.4 is 5.32 Å². The van der Waals surface area contributed by atoms with Crippen molar-refractivity contribution >= 4 is 41.0 Å². The maximum atomic E-state index is 12.5. The third-order valence-corrected chi connectivity index (χ3v) is 4.66. The van der Waals surface area contributed by atoms with Crippen LogP contribution in [0, 0.1) is 11.3 Å². The van der Waals surface area contributed by atoms with Crippen LogP contribution in [0.3, 0.4) is 0 Å². The number of fused-ring (bicyclic) bond motifs is 1. The molecule has 10 heteroatoms. The summed E-state index contributed by atoms with van der Waals surface area (Å²) in [6, 6.07) is 5.62. The van der Waals surface area contributed by atoms with Gasteiger partial charge in [0.2, 0.25) is 5.91 Å². The van der Waals surface area contributed by atoms with Gasteiger partial charge in [-0.05, 0) is 23.8 Å². The summed E-state index contributed by atoms with van der Waals surface area (Å²) in [5.41, 5.74) is 0.147. The molecule has 0 saturated carbocycles. The van der Waals surface area contributed by atoms with E-state index in [-0.39, 0.29) is 30.8 Å². The third-order valence-electron chi connectivity index (χ3n) is 4.05. The monoisotopic (exact) mass is 394 g/mol. The number of nitrogens with zero attached hydrogens (tertiary/aromatic N) is 3. The van der Waals surface area contributed by atoms with Gasteiger partial charge in [-0.25, -0.2) is 14.8 Å². The molecule has 2 aliphatic rings. The number of aliphatic carboxylic acids is 1. The SMILES string of the molecule is N#CC1=C(C(=O)O)N2C(=O)C(NC(=O)Cc3cc(Cl)ccc3Cl)CN2C1. The minimum absolute atomic E-state index is 0.00124. The lowest BCUT2D eigenvalue weighted by molar-refractivity contribution is -0.143. The number of hydrogen-bond donors (Lipinski definition) is 2. The van der Waals surface area contributed by atoms with Crippen LogP contribution in [0.1, 0.15) is 5.56 Å². The molecule has 0 bridgehead atoms. The van der Waals surface area contributed by atoms with Crippen molar-refractivity contribution in [3.8, 4) is 6.07 Å². The number of carboxylic acid groups (broad SMARTS) is 1. The van der Waals surface area contributed by atoms with Crippen molar-refractivity contribution < 1.29 is 19.5 Å². The summed E-state index contributed by atoms with van der Waals surface area (Å²) in [4.78, 5) is 36.1. The molecular weight excluding hydrogens is 383 g/mol. The summed E-state index contributed by atoms with van der Waals surface area (Å²) in [5, 5.41) is 24.0. The molecule has 0 aliphatic carbocycles. The number of hydrogen-bond acceptors (Lipinski definition) is 5. The first-order valence-electron chi connectivity index (χ1n) is 7.50. The van der Waals surface area contributed by atoms with Gasteiger partial charge in [-0.15, -0.1) is 0 Å². The topological polar surface area (TPSA) is 114 Å². The minimum Gasteiger partial charge on any atom is -0.476 e. The molecule has 8 nitrogen and oxygen atoms in total. The van der Waals surface area contributed by atoms with Crippen LogP contribution in [-0.2, 0) is 20.8 Å². The van der Waals surface area contributed by atoms with Gasteiger partial charge in [0, 0.05) is 16.6 Å². The zero-order valence-electron chi connectivity index (χ0n) is 13.2. The molecule has 134 valence electrons. The first kappa shape index (κ1) is 18.2. The summed E-state index contributed by atoms with van der Waals surface area (Å²) < 4.78 is 0. The number of halogens is 2. The normalized spacial score (nSPS) is 19.5. The Morgan fingerprint density at radius 3 is 2.77 bits per heavy atom. The molecular formula is C16H12Cl2N4O4. The Kier molecular flexibility index (Phi) is 4.87. The molecule has 1 unspecified atom stereocenters. The molecule has 1 fully saturated rings. The van der Waals surface area contributed by atoms with Crippen LogP contribution >= 0.6 is 23.2 Å². The zero-order valence-corrected chi connectivity index (χ0v) is 14.7.